The van der Waals surface area contributed by atoms with Gasteiger partial charge in [-0.2, -0.15) is 13.2 Å². The number of nitrogens with zero attached hydrogens (tertiary/aromatic N) is 1. The third-order valence-corrected chi connectivity index (χ3v) is 2.98. The maximum Gasteiger partial charge on any atom is 0.422 e. The summed E-state index contributed by atoms with van der Waals surface area (Å²) in [5, 5.41) is 3.34. The molecular formula is C14H19F3N2O. The highest BCUT2D eigenvalue weighted by atomic mass is 19.4. The van der Waals surface area contributed by atoms with Gasteiger partial charge >= 0.3 is 6.18 Å². The predicted molar refractivity (Wildman–Crippen MR) is 69.6 cm³/mol. The Morgan fingerprint density at radius 1 is 1.35 bits per heavy atom. The lowest BCUT2D eigenvalue weighted by Gasteiger charge is -2.12. The normalized spacial score (nSPS) is 15.4. The van der Waals surface area contributed by atoms with Crippen molar-refractivity contribution in [1.29, 1.82) is 0 Å². The van der Waals surface area contributed by atoms with Crippen molar-refractivity contribution in [1.82, 2.24) is 10.3 Å². The van der Waals surface area contributed by atoms with E-state index in [1.165, 1.54) is 12.8 Å². The number of hydrogen-bond donors (Lipinski definition) is 1. The van der Waals surface area contributed by atoms with E-state index >= 15 is 0 Å². The molecule has 0 atom stereocenters. The van der Waals surface area contributed by atoms with Crippen LogP contribution in [0.25, 0.3) is 0 Å². The number of nitrogens with one attached hydrogen (secondary N) is 1. The number of ether oxygens (including phenoxy) is 1. The molecule has 0 spiro atoms. The van der Waals surface area contributed by atoms with Gasteiger partial charge in [0.2, 0.25) is 5.88 Å². The van der Waals surface area contributed by atoms with E-state index in [1.807, 2.05) is 13.0 Å². The lowest BCUT2D eigenvalue weighted by atomic mass is 10.1. The first-order chi connectivity index (χ1) is 9.46. The van der Waals surface area contributed by atoms with Crippen molar-refractivity contribution in [3.05, 3.63) is 23.4 Å². The van der Waals surface area contributed by atoms with Gasteiger partial charge in [-0.3, -0.25) is 0 Å². The molecule has 0 bridgehead atoms. The highest BCUT2D eigenvalue weighted by Gasteiger charge is 2.28. The van der Waals surface area contributed by atoms with Crippen LogP contribution in [0.1, 0.15) is 37.4 Å². The molecule has 1 heterocycles. The number of pyridine rings is 1. The Morgan fingerprint density at radius 3 is 2.70 bits per heavy atom. The van der Waals surface area contributed by atoms with Crippen LogP contribution >= 0.6 is 0 Å². The number of alkyl halides is 3. The van der Waals surface area contributed by atoms with Crippen LogP contribution in [0.5, 0.6) is 5.88 Å². The van der Waals surface area contributed by atoms with Crippen molar-refractivity contribution >= 4 is 0 Å². The smallest absolute Gasteiger partial charge is 0.422 e. The van der Waals surface area contributed by atoms with Gasteiger partial charge in [0.1, 0.15) is 0 Å². The third kappa shape index (κ3) is 5.36. The molecule has 0 unspecified atom stereocenters. The topological polar surface area (TPSA) is 34.1 Å². The monoisotopic (exact) mass is 288 g/mol. The molecule has 20 heavy (non-hydrogen) atoms. The van der Waals surface area contributed by atoms with Crippen molar-refractivity contribution in [3.8, 4) is 5.88 Å². The summed E-state index contributed by atoms with van der Waals surface area (Å²) in [6, 6.07) is 4.07. The Bertz CT molecular complexity index is 445. The fourth-order valence-corrected chi connectivity index (χ4v) is 1.89. The van der Waals surface area contributed by atoms with Crippen LogP contribution in [0, 0.1) is 0 Å². The average molecular weight is 288 g/mol. The summed E-state index contributed by atoms with van der Waals surface area (Å²) < 4.78 is 41.3. The number of aryl methyl sites for hydroxylation is 1. The molecule has 112 valence electrons. The zero-order valence-electron chi connectivity index (χ0n) is 11.5. The molecule has 1 saturated carbocycles. The van der Waals surface area contributed by atoms with Crippen LogP contribution in [0.2, 0.25) is 0 Å². The summed E-state index contributed by atoms with van der Waals surface area (Å²) in [7, 11) is 0. The van der Waals surface area contributed by atoms with Gasteiger partial charge in [0.15, 0.2) is 6.61 Å². The van der Waals surface area contributed by atoms with Gasteiger partial charge in [-0.05, 0) is 30.9 Å². The van der Waals surface area contributed by atoms with Gasteiger partial charge < -0.3 is 10.1 Å². The molecule has 1 aromatic heterocycles. The molecule has 6 heteroatoms. The number of halogens is 3. The minimum atomic E-state index is -4.34. The molecule has 1 fully saturated rings. The van der Waals surface area contributed by atoms with E-state index in [0.717, 1.165) is 24.1 Å². The van der Waals surface area contributed by atoms with E-state index in [4.69, 9.17) is 4.74 Å². The first kappa shape index (κ1) is 15.1. The largest absolute Gasteiger partial charge is 0.468 e. The second kappa shape index (κ2) is 6.43. The molecule has 0 saturated heterocycles. The summed E-state index contributed by atoms with van der Waals surface area (Å²) in [5.41, 5.74) is 1.70. The molecule has 1 aliphatic rings. The van der Waals surface area contributed by atoms with Crippen molar-refractivity contribution in [2.24, 2.45) is 0 Å². The van der Waals surface area contributed by atoms with Gasteiger partial charge in [-0.1, -0.05) is 13.3 Å². The Balaban J connectivity index is 2.03. The zero-order valence-corrected chi connectivity index (χ0v) is 11.5. The molecule has 0 aliphatic heterocycles. The fourth-order valence-electron chi connectivity index (χ4n) is 1.89. The van der Waals surface area contributed by atoms with E-state index in [9.17, 15) is 13.2 Å². The Kier molecular flexibility index (Phi) is 4.86. The van der Waals surface area contributed by atoms with Crippen LogP contribution in [-0.2, 0) is 13.0 Å². The maximum atomic E-state index is 12.2. The van der Waals surface area contributed by atoms with E-state index in [0.29, 0.717) is 12.6 Å². The maximum absolute atomic E-state index is 12.2. The molecule has 1 aliphatic carbocycles. The summed E-state index contributed by atoms with van der Waals surface area (Å²) in [4.78, 5) is 4.12. The minimum Gasteiger partial charge on any atom is -0.468 e. The van der Waals surface area contributed by atoms with Gasteiger partial charge in [0, 0.05) is 24.3 Å². The van der Waals surface area contributed by atoms with Crippen LogP contribution in [0.15, 0.2) is 12.1 Å². The van der Waals surface area contributed by atoms with Crippen molar-refractivity contribution in [3.63, 3.8) is 0 Å². The van der Waals surface area contributed by atoms with Crippen LogP contribution in [0.4, 0.5) is 13.2 Å². The second-order valence-corrected chi connectivity index (χ2v) is 5.11. The highest BCUT2D eigenvalue weighted by Crippen LogP contribution is 2.22. The molecule has 1 aromatic rings. The summed E-state index contributed by atoms with van der Waals surface area (Å²) >= 11 is 0. The van der Waals surface area contributed by atoms with Gasteiger partial charge in [0.05, 0.1) is 0 Å². The van der Waals surface area contributed by atoms with Crippen LogP contribution in [-0.4, -0.2) is 23.8 Å². The highest BCUT2D eigenvalue weighted by molar-refractivity contribution is 5.25. The number of hydrogen-bond acceptors (Lipinski definition) is 3. The zero-order chi connectivity index (χ0) is 14.6. The number of aromatic nitrogens is 1. The van der Waals surface area contributed by atoms with E-state index in [1.54, 1.807) is 6.07 Å². The van der Waals surface area contributed by atoms with Gasteiger partial charge in [-0.25, -0.2) is 4.98 Å². The van der Waals surface area contributed by atoms with Gasteiger partial charge in [-0.15, -0.1) is 0 Å². The number of rotatable bonds is 7. The lowest BCUT2D eigenvalue weighted by Crippen LogP contribution is -2.20. The molecule has 0 amide bonds. The molecule has 3 nitrogen and oxygen atoms in total. The summed E-state index contributed by atoms with van der Waals surface area (Å²) in [6.45, 7) is 1.35. The van der Waals surface area contributed by atoms with Crippen molar-refractivity contribution < 1.29 is 17.9 Å². The quantitative estimate of drug-likeness (QED) is 0.836. The third-order valence-electron chi connectivity index (χ3n) is 2.98. The second-order valence-electron chi connectivity index (χ2n) is 5.11. The average Bonchev–Trinajstić information content (AvgIpc) is 3.17. The van der Waals surface area contributed by atoms with E-state index in [2.05, 4.69) is 10.3 Å². The summed E-state index contributed by atoms with van der Waals surface area (Å²) in [6.07, 6.45) is -0.367. The van der Waals surface area contributed by atoms with Crippen molar-refractivity contribution in [2.45, 2.75) is 51.4 Å². The SMILES string of the molecule is CCCc1cc(CNC2CC2)cc(OCC(F)(F)F)n1. The summed E-state index contributed by atoms with van der Waals surface area (Å²) in [5.74, 6) is 0.0564. The minimum absolute atomic E-state index is 0.0564. The Morgan fingerprint density at radius 2 is 2.10 bits per heavy atom. The van der Waals surface area contributed by atoms with Crippen LogP contribution < -0.4 is 10.1 Å². The Hall–Kier alpha value is -1.30. The first-order valence-electron chi connectivity index (χ1n) is 6.89. The van der Waals surface area contributed by atoms with Crippen molar-refractivity contribution in [2.75, 3.05) is 6.61 Å². The molecule has 0 aromatic carbocycles. The molecule has 2 rings (SSSR count). The predicted octanol–water partition coefficient (Wildman–Crippen LogP) is 3.23. The Labute approximate surface area is 116 Å². The van der Waals surface area contributed by atoms with E-state index in [-0.39, 0.29) is 5.88 Å². The molecular weight excluding hydrogens is 269 g/mol. The van der Waals surface area contributed by atoms with E-state index < -0.39 is 12.8 Å². The fraction of sp³-hybridized carbons (Fsp3) is 0.643. The van der Waals surface area contributed by atoms with Crippen LogP contribution in [0.3, 0.4) is 0 Å². The molecule has 1 N–H and O–H groups in total. The molecule has 0 radical (unpaired) electrons. The first-order valence-corrected chi connectivity index (χ1v) is 6.89. The standard InChI is InChI=1S/C14H19F3N2O/c1-2-3-12-6-10(8-18-11-4-5-11)7-13(19-12)20-9-14(15,16)17/h6-7,11,18H,2-5,8-9H2,1H3. The van der Waals surface area contributed by atoms with Gasteiger partial charge in [0.25, 0.3) is 0 Å². The lowest BCUT2D eigenvalue weighted by molar-refractivity contribution is -0.154.